The highest BCUT2D eigenvalue weighted by molar-refractivity contribution is 7.92. The molecule has 0 saturated heterocycles. The number of aryl methyl sites for hydroxylation is 2. The number of amides is 1. The minimum Gasteiger partial charge on any atom is -0.337 e. The van der Waals surface area contributed by atoms with Crippen LogP contribution in [0.5, 0.6) is 0 Å². The Bertz CT molecular complexity index is 1580. The summed E-state index contributed by atoms with van der Waals surface area (Å²) in [5.74, 6) is 0.593. The van der Waals surface area contributed by atoms with Crippen LogP contribution in [0.2, 0.25) is 0 Å². The summed E-state index contributed by atoms with van der Waals surface area (Å²) in [5.41, 5.74) is 5.79. The molecule has 1 heterocycles. The lowest BCUT2D eigenvalue weighted by atomic mass is 9.87. The second kappa shape index (κ2) is 11.3. The third-order valence-corrected chi connectivity index (χ3v) is 7.92. The zero-order chi connectivity index (χ0) is 29.2. The van der Waals surface area contributed by atoms with Crippen LogP contribution in [0.3, 0.4) is 0 Å². The fourth-order valence-electron chi connectivity index (χ4n) is 4.53. The minimum atomic E-state index is -3.53. The predicted octanol–water partition coefficient (Wildman–Crippen LogP) is 5.89. The molecule has 0 aliphatic heterocycles. The normalized spacial score (nSPS) is 11.9. The lowest BCUT2D eigenvalue weighted by Crippen LogP contribution is -2.30. The van der Waals surface area contributed by atoms with Gasteiger partial charge >= 0.3 is 0 Å². The zero-order valence-electron chi connectivity index (χ0n) is 24.1. The first-order chi connectivity index (χ1) is 18.7. The molecule has 40 heavy (non-hydrogen) atoms. The topological polar surface area (TPSA) is 96.6 Å². The van der Waals surface area contributed by atoms with Gasteiger partial charge in [0, 0.05) is 18.2 Å². The smallest absolute Gasteiger partial charge is 0.254 e. The molecule has 0 N–H and O–H groups in total. The van der Waals surface area contributed by atoms with E-state index in [1.807, 2.05) is 44.2 Å². The average Bonchev–Trinajstić information content (AvgIpc) is 3.35. The molecule has 9 heteroatoms. The van der Waals surface area contributed by atoms with Crippen LogP contribution in [-0.4, -0.2) is 42.7 Å². The molecule has 1 amide bonds. The predicted molar refractivity (Wildman–Crippen MR) is 158 cm³/mol. The Morgan fingerprint density at radius 2 is 1.50 bits per heavy atom. The first kappa shape index (κ1) is 29.0. The molecule has 3 aromatic carbocycles. The fraction of sp³-hybridized carbons (Fsp3) is 0.323. The van der Waals surface area contributed by atoms with Gasteiger partial charge in [0.25, 0.3) is 5.91 Å². The van der Waals surface area contributed by atoms with Crippen molar-refractivity contribution in [3.63, 3.8) is 0 Å². The van der Waals surface area contributed by atoms with Gasteiger partial charge in [0.1, 0.15) is 0 Å². The van der Waals surface area contributed by atoms with Crippen LogP contribution >= 0.6 is 0 Å². The van der Waals surface area contributed by atoms with E-state index in [0.717, 1.165) is 22.3 Å². The summed E-state index contributed by atoms with van der Waals surface area (Å²) in [6.45, 7) is 10.6. The van der Waals surface area contributed by atoms with E-state index in [-0.39, 0.29) is 24.4 Å². The van der Waals surface area contributed by atoms with E-state index in [0.29, 0.717) is 23.0 Å². The highest BCUT2D eigenvalue weighted by atomic mass is 32.2. The molecule has 4 aromatic rings. The maximum absolute atomic E-state index is 13.1. The summed E-state index contributed by atoms with van der Waals surface area (Å²) < 4.78 is 32.2. The van der Waals surface area contributed by atoms with Crippen LogP contribution < -0.4 is 4.31 Å². The van der Waals surface area contributed by atoms with E-state index in [1.165, 1.54) is 21.0 Å². The molecule has 0 atom stereocenters. The number of rotatable bonds is 8. The fourth-order valence-corrected chi connectivity index (χ4v) is 5.53. The average molecular weight is 561 g/mol. The first-order valence-corrected chi connectivity index (χ1v) is 14.9. The van der Waals surface area contributed by atoms with Crippen molar-refractivity contribution in [1.29, 1.82) is 0 Å². The number of carbonyl (C=O) groups is 1. The van der Waals surface area contributed by atoms with Crippen molar-refractivity contribution >= 4 is 21.6 Å². The van der Waals surface area contributed by atoms with Gasteiger partial charge < -0.3 is 9.42 Å². The Kier molecular flexibility index (Phi) is 8.16. The van der Waals surface area contributed by atoms with Gasteiger partial charge in [0.05, 0.1) is 25.0 Å². The molecular formula is C31H36N4O4S. The monoisotopic (exact) mass is 560 g/mol. The molecule has 1 aromatic heterocycles. The van der Waals surface area contributed by atoms with Crippen molar-refractivity contribution in [2.45, 2.75) is 53.1 Å². The number of carbonyl (C=O) groups excluding carboxylic acids is 1. The Labute approximate surface area is 236 Å². The van der Waals surface area contributed by atoms with E-state index >= 15 is 0 Å². The molecule has 0 spiro atoms. The second-order valence-electron chi connectivity index (χ2n) is 11.2. The van der Waals surface area contributed by atoms with Gasteiger partial charge in [-0.15, -0.1) is 0 Å². The number of anilines is 1. The van der Waals surface area contributed by atoms with E-state index in [1.54, 1.807) is 31.3 Å². The number of hydrogen-bond donors (Lipinski definition) is 0. The lowest BCUT2D eigenvalue weighted by molar-refractivity contribution is 0.0769. The molecule has 8 nitrogen and oxygen atoms in total. The van der Waals surface area contributed by atoms with Gasteiger partial charge in [0.2, 0.25) is 21.7 Å². The molecule has 0 radical (unpaired) electrons. The standard InChI is InChI=1S/C31H36N4O4S/c1-21-9-8-10-22(2)28(21)35(40(7,37)38)19-23-11-13-25(14-12-23)30(36)34(6)20-27-32-29(33-39-27)24-15-17-26(18-16-24)31(3,4)5/h8-18H,19-20H2,1-7H3. The Hall–Kier alpha value is -3.98. The SMILES string of the molecule is Cc1cccc(C)c1N(Cc1ccc(C(=O)N(C)Cc2nc(-c3ccc(C(C)(C)C)cc3)no2)cc1)S(C)(=O)=O. The van der Waals surface area contributed by atoms with Gasteiger partial charge in [-0.25, -0.2) is 8.42 Å². The summed E-state index contributed by atoms with van der Waals surface area (Å²) in [4.78, 5) is 19.1. The molecule has 0 saturated carbocycles. The minimum absolute atomic E-state index is 0.0509. The van der Waals surface area contributed by atoms with Crippen LogP contribution in [0.4, 0.5) is 5.69 Å². The number of hydrogen-bond acceptors (Lipinski definition) is 6. The molecule has 0 bridgehead atoms. The van der Waals surface area contributed by atoms with Crippen molar-refractivity contribution in [2.24, 2.45) is 0 Å². The third-order valence-electron chi connectivity index (χ3n) is 6.81. The van der Waals surface area contributed by atoms with Gasteiger partial charge in [-0.2, -0.15) is 4.98 Å². The summed E-state index contributed by atoms with van der Waals surface area (Å²) >= 11 is 0. The van der Waals surface area contributed by atoms with Gasteiger partial charge in [0.15, 0.2) is 0 Å². The van der Waals surface area contributed by atoms with Crippen LogP contribution in [0.15, 0.2) is 71.3 Å². The van der Waals surface area contributed by atoms with Crippen molar-refractivity contribution < 1.29 is 17.7 Å². The van der Waals surface area contributed by atoms with Crippen molar-refractivity contribution in [2.75, 3.05) is 17.6 Å². The van der Waals surface area contributed by atoms with Crippen LogP contribution in [0, 0.1) is 13.8 Å². The molecular weight excluding hydrogens is 524 g/mol. The summed E-state index contributed by atoms with van der Waals surface area (Å²) in [7, 11) is -1.86. The highest BCUT2D eigenvalue weighted by Gasteiger charge is 2.22. The van der Waals surface area contributed by atoms with Gasteiger partial charge in [-0.05, 0) is 53.6 Å². The van der Waals surface area contributed by atoms with E-state index in [9.17, 15) is 13.2 Å². The van der Waals surface area contributed by atoms with Crippen LogP contribution in [-0.2, 0) is 28.5 Å². The Morgan fingerprint density at radius 3 is 2.05 bits per heavy atom. The van der Waals surface area contributed by atoms with Crippen molar-refractivity contribution in [1.82, 2.24) is 15.0 Å². The summed E-state index contributed by atoms with van der Waals surface area (Å²) in [5, 5.41) is 4.08. The number of aromatic nitrogens is 2. The Balaban J connectivity index is 1.44. The maximum atomic E-state index is 13.1. The lowest BCUT2D eigenvalue weighted by Gasteiger charge is -2.26. The first-order valence-electron chi connectivity index (χ1n) is 13.1. The quantitative estimate of drug-likeness (QED) is 0.267. The highest BCUT2D eigenvalue weighted by Crippen LogP contribution is 2.29. The third kappa shape index (κ3) is 6.59. The molecule has 210 valence electrons. The number of para-hydroxylation sites is 1. The second-order valence-corrected chi connectivity index (χ2v) is 13.1. The van der Waals surface area contributed by atoms with Crippen LogP contribution in [0.25, 0.3) is 11.4 Å². The van der Waals surface area contributed by atoms with E-state index in [4.69, 9.17) is 4.52 Å². The Morgan fingerprint density at radius 1 is 0.900 bits per heavy atom. The molecule has 0 aliphatic rings. The van der Waals surface area contributed by atoms with E-state index in [2.05, 4.69) is 43.0 Å². The maximum Gasteiger partial charge on any atom is 0.254 e. The molecule has 0 unspecified atom stereocenters. The number of sulfonamides is 1. The number of nitrogens with zero attached hydrogens (tertiary/aromatic N) is 4. The largest absolute Gasteiger partial charge is 0.337 e. The molecule has 0 aliphatic carbocycles. The molecule has 4 rings (SSSR count). The van der Waals surface area contributed by atoms with Gasteiger partial charge in [-0.3, -0.25) is 9.10 Å². The van der Waals surface area contributed by atoms with Crippen LogP contribution in [0.1, 0.15) is 59.3 Å². The van der Waals surface area contributed by atoms with Gasteiger partial charge in [-0.1, -0.05) is 80.5 Å². The van der Waals surface area contributed by atoms with Crippen molar-refractivity contribution in [3.05, 3.63) is 100 Å². The summed E-state index contributed by atoms with van der Waals surface area (Å²) in [6.07, 6.45) is 1.20. The molecule has 0 fully saturated rings. The van der Waals surface area contributed by atoms with E-state index < -0.39 is 10.0 Å². The van der Waals surface area contributed by atoms with Crippen molar-refractivity contribution in [3.8, 4) is 11.4 Å². The summed E-state index contributed by atoms with van der Waals surface area (Å²) in [6, 6.07) is 20.7. The zero-order valence-corrected chi connectivity index (χ0v) is 24.9. The number of benzene rings is 3.